The van der Waals surface area contributed by atoms with E-state index in [0.717, 1.165) is 11.1 Å². The van der Waals surface area contributed by atoms with Gasteiger partial charge in [-0.05, 0) is 70.8 Å². The van der Waals surface area contributed by atoms with Crippen LogP contribution in [0, 0.1) is 65.4 Å². The van der Waals surface area contributed by atoms with Crippen molar-refractivity contribution in [1.29, 1.82) is 0 Å². The molecule has 0 amide bonds. The van der Waals surface area contributed by atoms with Gasteiger partial charge in [-0.25, -0.2) is 42.3 Å². The molecular formula is C38H40B3LaN2. The summed E-state index contributed by atoms with van der Waals surface area (Å²) in [5.74, 6) is 23.3. The van der Waals surface area contributed by atoms with Crippen LogP contribution in [0.5, 0.6) is 0 Å². The van der Waals surface area contributed by atoms with Crippen LogP contribution in [-0.2, 0) is 0 Å². The quantitative estimate of drug-likeness (QED) is 0.0709. The molecule has 2 aromatic heterocycles. The van der Waals surface area contributed by atoms with Gasteiger partial charge in [-0.2, -0.15) is 11.9 Å². The summed E-state index contributed by atoms with van der Waals surface area (Å²) in [5.41, 5.74) is 2.15. The Morgan fingerprint density at radius 2 is 1.27 bits per heavy atom. The fourth-order valence-corrected chi connectivity index (χ4v) is 4.01. The zero-order valence-corrected chi connectivity index (χ0v) is 30.0. The van der Waals surface area contributed by atoms with E-state index in [2.05, 4.69) is 115 Å². The minimum absolute atomic E-state index is 0. The van der Waals surface area contributed by atoms with Crippen molar-refractivity contribution in [3.63, 3.8) is 0 Å². The maximum absolute atomic E-state index is 4.44. The molecule has 3 heterocycles. The van der Waals surface area contributed by atoms with E-state index in [1.807, 2.05) is 103 Å². The van der Waals surface area contributed by atoms with Crippen molar-refractivity contribution < 1.29 is 35.6 Å². The maximum atomic E-state index is 4.44. The van der Waals surface area contributed by atoms with E-state index in [1.165, 1.54) is 0 Å². The van der Waals surface area contributed by atoms with E-state index in [0.29, 0.717) is 18.6 Å². The molecular weight excluding hydrogens is 656 g/mol. The van der Waals surface area contributed by atoms with Crippen LogP contribution < -0.4 is 4.81 Å². The molecule has 2 nitrogen and oxygen atoms in total. The number of allylic oxidation sites excluding steroid dienone is 3. The molecule has 0 unspecified atom stereocenters. The molecule has 1 aliphatic rings. The molecule has 0 spiro atoms. The number of hydrogen-bond acceptors (Lipinski definition) is 1. The Morgan fingerprint density at radius 1 is 0.727 bits per heavy atom. The van der Waals surface area contributed by atoms with Crippen LogP contribution in [0.2, 0.25) is 0 Å². The number of rotatable bonds is 4. The molecule has 0 saturated carbocycles. The van der Waals surface area contributed by atoms with Gasteiger partial charge in [-0.3, -0.25) is 4.99 Å². The van der Waals surface area contributed by atoms with Crippen molar-refractivity contribution in [3.05, 3.63) is 163 Å². The minimum atomic E-state index is 0. The predicted molar refractivity (Wildman–Crippen MR) is 192 cm³/mol. The average Bonchev–Trinajstić information content (AvgIpc) is 3.06. The first-order valence-electron chi connectivity index (χ1n) is 15.0. The Balaban J connectivity index is 0.000000228. The molecule has 5 rings (SSSR count). The molecule has 0 N–H and O–H groups in total. The third-order valence-corrected chi connectivity index (χ3v) is 6.31. The Morgan fingerprint density at radius 3 is 1.80 bits per heavy atom. The zero-order chi connectivity index (χ0) is 30.5. The van der Waals surface area contributed by atoms with Gasteiger partial charge in [0.05, 0.1) is 0 Å². The van der Waals surface area contributed by atoms with Crippen LogP contribution >= 0.6 is 0 Å². The average molecular weight is 696 g/mol. The summed E-state index contributed by atoms with van der Waals surface area (Å²) in [6.07, 6.45) is 10.4. The van der Waals surface area contributed by atoms with E-state index >= 15 is 0 Å². The molecule has 1 aliphatic heterocycles. The molecule has 0 atom stereocenters. The van der Waals surface area contributed by atoms with E-state index in [1.54, 1.807) is 0 Å². The Hall–Kier alpha value is -3.53. The van der Waals surface area contributed by atoms with Crippen LogP contribution in [0.25, 0.3) is 0 Å². The third kappa shape index (κ3) is 15.3. The molecule has 2 aromatic carbocycles. The van der Waals surface area contributed by atoms with Crippen molar-refractivity contribution in [3.8, 4) is 23.5 Å². The Kier molecular flexibility index (Phi) is 18.4. The van der Waals surface area contributed by atoms with Crippen LogP contribution in [0.4, 0.5) is 0 Å². The monoisotopic (exact) mass is 696 g/mol. The summed E-state index contributed by atoms with van der Waals surface area (Å²) in [6.45, 7) is 9.17. The third-order valence-electron chi connectivity index (χ3n) is 6.31. The van der Waals surface area contributed by atoms with Crippen LogP contribution in [0.1, 0.15) is 38.8 Å². The van der Waals surface area contributed by atoms with Gasteiger partial charge in [-0.15, -0.1) is 36.2 Å². The maximum Gasteiger partial charge on any atom is 3.00 e. The first-order valence-corrected chi connectivity index (χ1v) is 15.0. The van der Waals surface area contributed by atoms with E-state index in [9.17, 15) is 0 Å². The first kappa shape index (κ1) is 36.7. The zero-order valence-electron chi connectivity index (χ0n) is 26.4. The van der Waals surface area contributed by atoms with E-state index in [4.69, 9.17) is 0 Å². The van der Waals surface area contributed by atoms with Gasteiger partial charge in [0, 0.05) is 23.5 Å². The van der Waals surface area contributed by atoms with Gasteiger partial charge < -0.3 is 10.6 Å². The second-order valence-electron chi connectivity index (χ2n) is 10.6. The topological polar surface area (TPSA) is 15.6 Å². The van der Waals surface area contributed by atoms with Gasteiger partial charge in [0.25, 0.3) is 0 Å². The van der Waals surface area contributed by atoms with Gasteiger partial charge in [0.2, 0.25) is 0 Å². The fourth-order valence-electron chi connectivity index (χ4n) is 4.01. The Bertz CT molecular complexity index is 1510. The molecule has 0 saturated heterocycles. The summed E-state index contributed by atoms with van der Waals surface area (Å²) in [5, 5.41) is 0. The summed E-state index contributed by atoms with van der Waals surface area (Å²) >= 11 is 0. The summed E-state index contributed by atoms with van der Waals surface area (Å²) in [4.78, 5) is 6.71. The number of nitrogens with zero attached hydrogens (tertiary/aromatic N) is 2. The second-order valence-corrected chi connectivity index (χ2v) is 10.6. The predicted octanol–water partition coefficient (Wildman–Crippen LogP) is 7.55. The van der Waals surface area contributed by atoms with Crippen molar-refractivity contribution in [2.75, 3.05) is 4.81 Å². The van der Waals surface area contributed by atoms with Gasteiger partial charge in [-0.1, -0.05) is 54.5 Å². The summed E-state index contributed by atoms with van der Waals surface area (Å²) in [7, 11) is 0. The fraction of sp³-hybridized carbons (Fsp3) is 0.158. The molecule has 0 radical (unpaired) electrons. The van der Waals surface area contributed by atoms with Crippen LogP contribution in [-0.4, -0.2) is 38.0 Å². The molecule has 44 heavy (non-hydrogen) atoms. The van der Waals surface area contributed by atoms with Crippen molar-refractivity contribution in [2.24, 2.45) is 4.99 Å². The minimum Gasteiger partial charge on any atom is -0.545 e. The molecule has 214 valence electrons. The molecule has 0 aliphatic carbocycles. The molecule has 4 aromatic rings. The van der Waals surface area contributed by atoms with Crippen molar-refractivity contribution in [2.45, 2.75) is 39.8 Å². The largest absolute Gasteiger partial charge is 3.00 e. The Labute approximate surface area is 295 Å². The molecule has 6 heteroatoms. The second kappa shape index (κ2) is 22.0. The van der Waals surface area contributed by atoms with Crippen LogP contribution in [0.3, 0.4) is 0 Å². The molecule has 0 bridgehead atoms. The SMILES string of the molecule is C(#Cc1ccccc1)B1C=CC=C[CH-]1.C(#Cc1ccccc1)[b-]1ccccc1.CC(C)N=CN([b-]1ccccc1)C(C)C.[La+3]. The normalized spacial score (nSPS) is 10.9. The van der Waals surface area contributed by atoms with Gasteiger partial charge in [0.15, 0.2) is 6.71 Å². The van der Waals surface area contributed by atoms with Crippen molar-refractivity contribution in [1.82, 2.24) is 0 Å². The summed E-state index contributed by atoms with van der Waals surface area (Å²) in [6, 6.07) is 33.2. The van der Waals surface area contributed by atoms with E-state index in [-0.39, 0.29) is 48.7 Å². The number of benzene rings is 2. The number of aliphatic imine (C=N–C) groups is 1. The molecule has 0 fully saturated rings. The number of hydrogen-bond donors (Lipinski definition) is 0. The van der Waals surface area contributed by atoms with Crippen LogP contribution in [0.15, 0.2) is 150 Å². The van der Waals surface area contributed by atoms with Gasteiger partial charge >= 0.3 is 35.6 Å². The summed E-state index contributed by atoms with van der Waals surface area (Å²) < 4.78 is 0. The standard InChI is InChI=1S/2C13H10B.C12H20BN2.La/c2*1-3-7-13(8-4-1)9-12-14-10-5-2-6-11-14;1-11(2)14-10-15(12(3)4)13-8-6-5-7-9-13;/h2*1-8,10-11H;5-12H,1-4H3;/q3*-1;+3. The van der Waals surface area contributed by atoms with Gasteiger partial charge in [0.1, 0.15) is 0 Å². The smallest absolute Gasteiger partial charge is 0.545 e. The first-order chi connectivity index (χ1) is 21.0. The van der Waals surface area contributed by atoms with Crippen molar-refractivity contribution >= 4 is 25.9 Å². The van der Waals surface area contributed by atoms with E-state index < -0.39 is 0 Å².